The van der Waals surface area contributed by atoms with E-state index in [4.69, 9.17) is 0 Å². The molecule has 0 spiro atoms. The number of imidazole rings is 1. The Morgan fingerprint density at radius 3 is 2.31 bits per heavy atom. The maximum Gasteiger partial charge on any atom is 0.225 e. The second-order valence-electron chi connectivity index (χ2n) is 7.36. The van der Waals surface area contributed by atoms with Gasteiger partial charge in [0.05, 0.1) is 5.69 Å². The van der Waals surface area contributed by atoms with Crippen molar-refractivity contribution in [2.75, 3.05) is 31.1 Å². The van der Waals surface area contributed by atoms with Gasteiger partial charge in [-0.15, -0.1) is 0 Å². The van der Waals surface area contributed by atoms with E-state index in [1.807, 2.05) is 42.6 Å². The monoisotopic (exact) mass is 354 g/mol. The minimum atomic E-state index is 0.280. The summed E-state index contributed by atoms with van der Waals surface area (Å²) in [6, 6.07) is 2.02. The standard InChI is InChI=1S/C19H26N6O/c1-13-14(2)25(12-20-13)18-11-17(21-15(3)22-18)23-7-9-24(10-8-23)19(26)16-5-4-6-16/h11-12,16H,4-10H2,1-3H3. The zero-order valence-electron chi connectivity index (χ0n) is 15.8. The van der Waals surface area contributed by atoms with Crippen molar-refractivity contribution in [3.8, 4) is 5.82 Å². The third-order valence-electron chi connectivity index (χ3n) is 5.68. The maximum atomic E-state index is 12.4. The van der Waals surface area contributed by atoms with Crippen LogP contribution in [-0.2, 0) is 4.79 Å². The summed E-state index contributed by atoms with van der Waals surface area (Å²) >= 11 is 0. The number of hydrogen-bond donors (Lipinski definition) is 0. The molecule has 1 saturated heterocycles. The van der Waals surface area contributed by atoms with Crippen LogP contribution in [0.2, 0.25) is 0 Å². The molecule has 0 atom stereocenters. The molecule has 1 aliphatic carbocycles. The zero-order valence-corrected chi connectivity index (χ0v) is 15.8. The Kier molecular flexibility index (Phi) is 4.38. The number of nitrogens with zero attached hydrogens (tertiary/aromatic N) is 6. The van der Waals surface area contributed by atoms with E-state index < -0.39 is 0 Å². The van der Waals surface area contributed by atoms with Gasteiger partial charge in [0.1, 0.15) is 23.8 Å². The number of carbonyl (C=O) groups excluding carboxylic acids is 1. The molecule has 7 heteroatoms. The molecule has 7 nitrogen and oxygen atoms in total. The lowest BCUT2D eigenvalue weighted by molar-refractivity contribution is -0.138. The number of anilines is 1. The second kappa shape index (κ2) is 6.70. The molecule has 0 radical (unpaired) electrons. The first kappa shape index (κ1) is 17.0. The van der Waals surface area contributed by atoms with Crippen molar-refractivity contribution in [3.05, 3.63) is 29.6 Å². The van der Waals surface area contributed by atoms with Crippen LogP contribution in [0.15, 0.2) is 12.4 Å². The Balaban J connectivity index is 1.50. The van der Waals surface area contributed by atoms with Gasteiger partial charge in [-0.25, -0.2) is 15.0 Å². The highest BCUT2D eigenvalue weighted by Crippen LogP contribution is 2.29. The predicted octanol–water partition coefficient (Wildman–Crippen LogP) is 2.04. The molecule has 2 aromatic heterocycles. The lowest BCUT2D eigenvalue weighted by Gasteiger charge is -2.38. The fraction of sp³-hybridized carbons (Fsp3) is 0.579. The van der Waals surface area contributed by atoms with Gasteiger partial charge in [0.15, 0.2) is 0 Å². The summed E-state index contributed by atoms with van der Waals surface area (Å²) in [5, 5.41) is 0. The van der Waals surface area contributed by atoms with E-state index in [1.54, 1.807) is 0 Å². The predicted molar refractivity (Wildman–Crippen MR) is 99.5 cm³/mol. The van der Waals surface area contributed by atoms with Gasteiger partial charge in [0, 0.05) is 43.9 Å². The number of aryl methyl sites for hydroxylation is 2. The van der Waals surface area contributed by atoms with Crippen molar-refractivity contribution in [1.29, 1.82) is 0 Å². The van der Waals surface area contributed by atoms with Crippen molar-refractivity contribution in [1.82, 2.24) is 24.4 Å². The van der Waals surface area contributed by atoms with E-state index in [0.717, 1.165) is 67.9 Å². The summed E-state index contributed by atoms with van der Waals surface area (Å²) in [5.41, 5.74) is 2.09. The molecule has 1 amide bonds. The number of carbonyl (C=O) groups is 1. The van der Waals surface area contributed by atoms with Crippen molar-refractivity contribution in [2.45, 2.75) is 40.0 Å². The Hall–Kier alpha value is -2.44. The van der Waals surface area contributed by atoms with Crippen LogP contribution in [0.5, 0.6) is 0 Å². The van der Waals surface area contributed by atoms with Gasteiger partial charge in [-0.2, -0.15) is 0 Å². The van der Waals surface area contributed by atoms with Crippen molar-refractivity contribution in [3.63, 3.8) is 0 Å². The van der Waals surface area contributed by atoms with Crippen LogP contribution in [0.4, 0.5) is 5.82 Å². The SMILES string of the molecule is Cc1nc(N2CCN(C(=O)C3CCC3)CC2)cc(-n2cnc(C)c2C)n1. The molecule has 0 aromatic carbocycles. The fourth-order valence-electron chi connectivity index (χ4n) is 3.62. The van der Waals surface area contributed by atoms with Crippen LogP contribution in [0, 0.1) is 26.7 Å². The lowest BCUT2D eigenvalue weighted by Crippen LogP contribution is -2.51. The van der Waals surface area contributed by atoms with Crippen LogP contribution in [0.1, 0.15) is 36.5 Å². The largest absolute Gasteiger partial charge is 0.353 e. The fourth-order valence-corrected chi connectivity index (χ4v) is 3.62. The van der Waals surface area contributed by atoms with Crippen LogP contribution < -0.4 is 4.90 Å². The number of aromatic nitrogens is 4. The Morgan fingerprint density at radius 1 is 1.04 bits per heavy atom. The van der Waals surface area contributed by atoms with Crippen molar-refractivity contribution in [2.24, 2.45) is 5.92 Å². The molecule has 0 unspecified atom stereocenters. The molecule has 2 aromatic rings. The molecule has 1 aliphatic heterocycles. The molecule has 26 heavy (non-hydrogen) atoms. The number of amides is 1. The van der Waals surface area contributed by atoms with Gasteiger partial charge >= 0.3 is 0 Å². The Morgan fingerprint density at radius 2 is 1.73 bits per heavy atom. The van der Waals surface area contributed by atoms with Crippen LogP contribution in [0.3, 0.4) is 0 Å². The van der Waals surface area contributed by atoms with Gasteiger partial charge in [0.25, 0.3) is 0 Å². The zero-order chi connectivity index (χ0) is 18.3. The first-order valence-corrected chi connectivity index (χ1v) is 9.43. The maximum absolute atomic E-state index is 12.4. The summed E-state index contributed by atoms with van der Waals surface area (Å²) in [7, 11) is 0. The van der Waals surface area contributed by atoms with Gasteiger partial charge in [0.2, 0.25) is 5.91 Å². The molecular weight excluding hydrogens is 328 g/mol. The molecule has 0 N–H and O–H groups in total. The van der Waals surface area contributed by atoms with Gasteiger partial charge in [-0.1, -0.05) is 6.42 Å². The second-order valence-corrected chi connectivity index (χ2v) is 7.36. The van der Waals surface area contributed by atoms with Crippen LogP contribution in [0.25, 0.3) is 5.82 Å². The molecule has 2 aliphatic rings. The van der Waals surface area contributed by atoms with E-state index in [2.05, 4.69) is 19.9 Å². The summed E-state index contributed by atoms with van der Waals surface area (Å²) in [6.07, 6.45) is 5.15. The normalized spacial score (nSPS) is 18.1. The third kappa shape index (κ3) is 3.06. The summed E-state index contributed by atoms with van der Waals surface area (Å²) in [5.74, 6) is 3.14. The summed E-state index contributed by atoms with van der Waals surface area (Å²) in [6.45, 7) is 9.15. The quantitative estimate of drug-likeness (QED) is 0.844. The highest BCUT2D eigenvalue weighted by atomic mass is 16.2. The number of hydrogen-bond acceptors (Lipinski definition) is 5. The number of piperazine rings is 1. The molecular formula is C19H26N6O. The van der Waals surface area contributed by atoms with Gasteiger partial charge in [-0.3, -0.25) is 9.36 Å². The smallest absolute Gasteiger partial charge is 0.225 e. The Bertz CT molecular complexity index is 817. The average molecular weight is 354 g/mol. The topological polar surface area (TPSA) is 67.2 Å². The van der Waals surface area contributed by atoms with Gasteiger partial charge < -0.3 is 9.80 Å². The first-order chi connectivity index (χ1) is 12.5. The van der Waals surface area contributed by atoms with Gasteiger partial charge in [-0.05, 0) is 33.6 Å². The van der Waals surface area contributed by atoms with Crippen LogP contribution in [-0.4, -0.2) is 56.5 Å². The summed E-state index contributed by atoms with van der Waals surface area (Å²) < 4.78 is 2.00. The summed E-state index contributed by atoms with van der Waals surface area (Å²) in [4.78, 5) is 30.3. The highest BCUT2D eigenvalue weighted by molar-refractivity contribution is 5.79. The molecule has 0 bridgehead atoms. The molecule has 138 valence electrons. The minimum Gasteiger partial charge on any atom is -0.353 e. The Labute approximate surface area is 154 Å². The van der Waals surface area contributed by atoms with E-state index in [9.17, 15) is 4.79 Å². The highest BCUT2D eigenvalue weighted by Gasteiger charge is 2.31. The minimum absolute atomic E-state index is 0.280. The van der Waals surface area contributed by atoms with Crippen molar-refractivity contribution >= 4 is 11.7 Å². The van der Waals surface area contributed by atoms with E-state index in [0.29, 0.717) is 5.91 Å². The molecule has 3 heterocycles. The van der Waals surface area contributed by atoms with Crippen LogP contribution >= 0.6 is 0 Å². The first-order valence-electron chi connectivity index (χ1n) is 9.43. The van der Waals surface area contributed by atoms with E-state index >= 15 is 0 Å². The number of rotatable bonds is 3. The van der Waals surface area contributed by atoms with E-state index in [-0.39, 0.29) is 5.92 Å². The molecule has 1 saturated carbocycles. The average Bonchev–Trinajstić information content (AvgIpc) is 2.92. The van der Waals surface area contributed by atoms with Crippen molar-refractivity contribution < 1.29 is 4.79 Å². The molecule has 4 rings (SSSR count). The lowest BCUT2D eigenvalue weighted by atomic mass is 9.84. The van der Waals surface area contributed by atoms with E-state index in [1.165, 1.54) is 6.42 Å². The molecule has 2 fully saturated rings. The third-order valence-corrected chi connectivity index (χ3v) is 5.68.